The Morgan fingerprint density at radius 2 is 1.68 bits per heavy atom. The molecule has 0 bridgehead atoms. The molecule has 2 aliphatic heterocycles. The van der Waals surface area contributed by atoms with Gasteiger partial charge in [-0.1, -0.05) is 26.2 Å². The Labute approximate surface area is 189 Å². The standard InChI is InChI=1S/C21H41N5O.HI/c1-3-19(25-11-7-8-12-25)17-23-20(22-2)24-18-21(9-5-4-6-10-21)26-13-15-27-16-14-26;/h19H,3-18H2,1-2H3,(H2,22,23,24);1H. The largest absolute Gasteiger partial charge is 0.379 e. The van der Waals surface area contributed by atoms with Crippen molar-refractivity contribution in [2.45, 2.75) is 69.9 Å². The van der Waals surface area contributed by atoms with Gasteiger partial charge in [-0.2, -0.15) is 0 Å². The van der Waals surface area contributed by atoms with Crippen LogP contribution in [0.15, 0.2) is 4.99 Å². The summed E-state index contributed by atoms with van der Waals surface area (Å²) < 4.78 is 5.61. The molecule has 6 nitrogen and oxygen atoms in total. The monoisotopic (exact) mass is 507 g/mol. The Morgan fingerprint density at radius 1 is 1.00 bits per heavy atom. The number of nitrogens with zero attached hydrogens (tertiary/aromatic N) is 3. The third-order valence-electron chi connectivity index (χ3n) is 6.91. The molecule has 164 valence electrons. The van der Waals surface area contributed by atoms with Crippen LogP contribution in [0.2, 0.25) is 0 Å². The van der Waals surface area contributed by atoms with Gasteiger partial charge in [0, 0.05) is 44.8 Å². The lowest BCUT2D eigenvalue weighted by Gasteiger charge is -2.48. The van der Waals surface area contributed by atoms with Crippen molar-refractivity contribution in [2.24, 2.45) is 4.99 Å². The summed E-state index contributed by atoms with van der Waals surface area (Å²) in [5.74, 6) is 0.964. The van der Waals surface area contributed by atoms with Crippen LogP contribution in [0.5, 0.6) is 0 Å². The van der Waals surface area contributed by atoms with Crippen LogP contribution in [0.1, 0.15) is 58.3 Å². The lowest BCUT2D eigenvalue weighted by atomic mass is 9.80. The van der Waals surface area contributed by atoms with Crippen molar-refractivity contribution < 1.29 is 4.74 Å². The molecule has 1 atom stereocenters. The van der Waals surface area contributed by atoms with Gasteiger partial charge >= 0.3 is 0 Å². The fourth-order valence-corrected chi connectivity index (χ4v) is 5.17. The van der Waals surface area contributed by atoms with Crippen LogP contribution in [-0.4, -0.2) is 86.9 Å². The number of ether oxygens (including phenoxy) is 1. The molecule has 7 heteroatoms. The van der Waals surface area contributed by atoms with Gasteiger partial charge in [0.1, 0.15) is 0 Å². The van der Waals surface area contributed by atoms with E-state index in [0.29, 0.717) is 6.04 Å². The molecular weight excluding hydrogens is 465 g/mol. The van der Waals surface area contributed by atoms with Crippen molar-refractivity contribution in [1.82, 2.24) is 20.4 Å². The first-order valence-electron chi connectivity index (χ1n) is 11.3. The number of likely N-dealkylation sites (tertiary alicyclic amines) is 1. The average Bonchev–Trinajstić information content (AvgIpc) is 3.27. The van der Waals surface area contributed by atoms with E-state index in [4.69, 9.17) is 4.74 Å². The summed E-state index contributed by atoms with van der Waals surface area (Å²) in [7, 11) is 1.90. The predicted molar refractivity (Wildman–Crippen MR) is 128 cm³/mol. The molecule has 3 fully saturated rings. The zero-order valence-corrected chi connectivity index (χ0v) is 20.4. The first-order chi connectivity index (χ1) is 13.3. The van der Waals surface area contributed by atoms with Gasteiger partial charge < -0.3 is 15.4 Å². The SMILES string of the molecule is CCC(CNC(=NC)NCC1(N2CCOCC2)CCCCC1)N1CCCC1.I. The van der Waals surface area contributed by atoms with E-state index >= 15 is 0 Å². The topological polar surface area (TPSA) is 52.1 Å². The normalized spacial score (nSPS) is 25.1. The second-order valence-corrected chi connectivity index (χ2v) is 8.50. The minimum atomic E-state index is 0. The molecule has 1 saturated carbocycles. The molecule has 0 amide bonds. The van der Waals surface area contributed by atoms with E-state index in [2.05, 4.69) is 32.3 Å². The molecule has 1 unspecified atom stereocenters. The van der Waals surface area contributed by atoms with Gasteiger partial charge in [-0.3, -0.25) is 14.8 Å². The van der Waals surface area contributed by atoms with E-state index in [1.807, 2.05) is 7.05 Å². The molecule has 3 rings (SSSR count). The van der Waals surface area contributed by atoms with E-state index in [1.165, 1.54) is 64.5 Å². The highest BCUT2D eigenvalue weighted by atomic mass is 127. The quantitative estimate of drug-likeness (QED) is 0.316. The van der Waals surface area contributed by atoms with Crippen molar-refractivity contribution >= 4 is 29.9 Å². The molecule has 0 aromatic heterocycles. The Kier molecular flexibility index (Phi) is 10.8. The van der Waals surface area contributed by atoms with Gasteiger partial charge in [0.15, 0.2) is 5.96 Å². The maximum absolute atomic E-state index is 5.61. The number of rotatable bonds is 7. The fourth-order valence-electron chi connectivity index (χ4n) is 5.17. The summed E-state index contributed by atoms with van der Waals surface area (Å²) in [6.07, 6.45) is 10.6. The Bertz CT molecular complexity index is 458. The molecule has 0 aromatic carbocycles. The van der Waals surface area contributed by atoms with Gasteiger partial charge in [0.05, 0.1) is 13.2 Å². The van der Waals surface area contributed by atoms with Gasteiger partial charge in [-0.05, 0) is 45.2 Å². The third kappa shape index (κ3) is 6.44. The highest BCUT2D eigenvalue weighted by Crippen LogP contribution is 2.33. The zero-order chi connectivity index (χ0) is 19.0. The first-order valence-corrected chi connectivity index (χ1v) is 11.3. The average molecular weight is 508 g/mol. The number of nitrogens with one attached hydrogen (secondary N) is 2. The molecule has 2 saturated heterocycles. The minimum Gasteiger partial charge on any atom is -0.379 e. The van der Waals surface area contributed by atoms with E-state index in [0.717, 1.165) is 45.4 Å². The van der Waals surface area contributed by atoms with Gasteiger partial charge in [0.2, 0.25) is 0 Å². The molecule has 2 heterocycles. The Balaban J connectivity index is 0.00000280. The molecule has 28 heavy (non-hydrogen) atoms. The van der Waals surface area contributed by atoms with Gasteiger partial charge in [0.25, 0.3) is 0 Å². The minimum absolute atomic E-state index is 0. The molecule has 0 radical (unpaired) electrons. The molecule has 0 spiro atoms. The molecule has 1 aliphatic carbocycles. The second-order valence-electron chi connectivity index (χ2n) is 8.50. The number of hydrogen-bond donors (Lipinski definition) is 2. The van der Waals surface area contributed by atoms with Crippen LogP contribution in [0.4, 0.5) is 0 Å². The van der Waals surface area contributed by atoms with Gasteiger partial charge in [-0.25, -0.2) is 0 Å². The van der Waals surface area contributed by atoms with Crippen molar-refractivity contribution in [3.63, 3.8) is 0 Å². The van der Waals surface area contributed by atoms with Crippen LogP contribution in [0.25, 0.3) is 0 Å². The maximum atomic E-state index is 5.61. The molecular formula is C21H42IN5O. The highest BCUT2D eigenvalue weighted by Gasteiger charge is 2.38. The third-order valence-corrected chi connectivity index (χ3v) is 6.91. The summed E-state index contributed by atoms with van der Waals surface area (Å²) in [4.78, 5) is 9.84. The number of aliphatic imine (C=N–C) groups is 1. The van der Waals surface area contributed by atoms with Crippen LogP contribution in [0.3, 0.4) is 0 Å². The summed E-state index contributed by atoms with van der Waals surface area (Å²) in [6, 6.07) is 0.619. The van der Waals surface area contributed by atoms with Crippen LogP contribution in [-0.2, 0) is 4.74 Å². The number of hydrogen-bond acceptors (Lipinski definition) is 4. The number of halogens is 1. The van der Waals surface area contributed by atoms with Crippen molar-refractivity contribution in [1.29, 1.82) is 0 Å². The summed E-state index contributed by atoms with van der Waals surface area (Å²) in [5, 5.41) is 7.30. The number of morpholine rings is 1. The Morgan fingerprint density at radius 3 is 2.29 bits per heavy atom. The van der Waals surface area contributed by atoms with Gasteiger partial charge in [-0.15, -0.1) is 24.0 Å². The van der Waals surface area contributed by atoms with Crippen molar-refractivity contribution in [3.05, 3.63) is 0 Å². The molecule has 0 aromatic rings. The highest BCUT2D eigenvalue weighted by molar-refractivity contribution is 14.0. The summed E-state index contributed by atoms with van der Waals surface area (Å²) in [6.45, 7) is 10.7. The van der Waals surface area contributed by atoms with E-state index in [-0.39, 0.29) is 29.5 Å². The summed E-state index contributed by atoms with van der Waals surface area (Å²) >= 11 is 0. The molecule has 2 N–H and O–H groups in total. The smallest absolute Gasteiger partial charge is 0.191 e. The van der Waals surface area contributed by atoms with E-state index in [1.54, 1.807) is 0 Å². The van der Waals surface area contributed by atoms with E-state index < -0.39 is 0 Å². The Hall–Kier alpha value is -0.120. The van der Waals surface area contributed by atoms with Crippen molar-refractivity contribution in [2.75, 3.05) is 59.5 Å². The lowest BCUT2D eigenvalue weighted by Crippen LogP contribution is -2.60. The van der Waals surface area contributed by atoms with Crippen LogP contribution in [0, 0.1) is 0 Å². The lowest BCUT2D eigenvalue weighted by molar-refractivity contribution is -0.0352. The molecule has 3 aliphatic rings. The zero-order valence-electron chi connectivity index (χ0n) is 18.0. The maximum Gasteiger partial charge on any atom is 0.191 e. The summed E-state index contributed by atoms with van der Waals surface area (Å²) in [5.41, 5.74) is 0.277. The van der Waals surface area contributed by atoms with Crippen LogP contribution < -0.4 is 10.6 Å². The number of guanidine groups is 1. The fraction of sp³-hybridized carbons (Fsp3) is 0.952. The van der Waals surface area contributed by atoms with E-state index in [9.17, 15) is 0 Å². The van der Waals surface area contributed by atoms with Crippen molar-refractivity contribution in [3.8, 4) is 0 Å². The second kappa shape index (κ2) is 12.5. The van der Waals surface area contributed by atoms with Crippen LogP contribution >= 0.6 is 24.0 Å². The first kappa shape index (κ1) is 24.2. The predicted octanol–water partition coefficient (Wildman–Crippen LogP) is 2.68.